The average molecular weight is 255 g/mol. The number of amides is 2. The number of rotatable bonds is 5. The summed E-state index contributed by atoms with van der Waals surface area (Å²) in [7, 11) is 0. The molecule has 1 rings (SSSR count). The molecule has 1 heterocycles. The number of ether oxygens (including phenoxy) is 1. The fraction of sp³-hybridized carbons (Fsp3) is 0.600. The average Bonchev–Trinajstić information content (AvgIpc) is 2.77. The summed E-state index contributed by atoms with van der Waals surface area (Å²) in [6, 6.07) is -0.451. The first-order valence-electron chi connectivity index (χ1n) is 5.60. The van der Waals surface area contributed by atoms with E-state index in [1.165, 1.54) is 6.20 Å². The van der Waals surface area contributed by atoms with Gasteiger partial charge in [-0.1, -0.05) is 6.92 Å². The van der Waals surface area contributed by atoms with Crippen LogP contribution >= 0.6 is 0 Å². The summed E-state index contributed by atoms with van der Waals surface area (Å²) in [5, 5.41) is 14.6. The van der Waals surface area contributed by atoms with Crippen LogP contribution in [0.25, 0.3) is 0 Å². The van der Waals surface area contributed by atoms with Crippen molar-refractivity contribution in [2.75, 3.05) is 11.9 Å². The summed E-state index contributed by atoms with van der Waals surface area (Å²) in [5.41, 5.74) is 0. The van der Waals surface area contributed by atoms with Gasteiger partial charge in [0.1, 0.15) is 0 Å². The lowest BCUT2D eigenvalue weighted by atomic mass is 10.2. The molecule has 100 valence electrons. The van der Waals surface area contributed by atoms with E-state index in [0.717, 1.165) is 0 Å². The molecular formula is C10H17N5O3. The van der Waals surface area contributed by atoms with E-state index in [4.69, 9.17) is 4.74 Å². The Bertz CT molecular complexity index is 390. The number of hydrogen-bond donors (Lipinski definition) is 3. The molecule has 3 N–H and O–H groups in total. The highest BCUT2D eigenvalue weighted by atomic mass is 16.5. The van der Waals surface area contributed by atoms with Crippen LogP contribution in [0.1, 0.15) is 20.8 Å². The van der Waals surface area contributed by atoms with E-state index in [0.29, 0.717) is 5.82 Å². The number of hydrogen-bond acceptors (Lipinski definition) is 5. The fourth-order valence-electron chi connectivity index (χ4n) is 1.10. The van der Waals surface area contributed by atoms with Crippen LogP contribution in [-0.4, -0.2) is 40.1 Å². The molecule has 1 aromatic heterocycles. The number of carbonyl (C=O) groups is 2. The highest BCUT2D eigenvalue weighted by molar-refractivity contribution is 5.88. The minimum absolute atomic E-state index is 0.163. The molecule has 0 aliphatic heterocycles. The molecule has 18 heavy (non-hydrogen) atoms. The third kappa shape index (κ3) is 4.81. The molecule has 2 amide bonds. The Balaban J connectivity index is 2.27. The van der Waals surface area contributed by atoms with E-state index in [9.17, 15) is 9.59 Å². The molecule has 1 aromatic rings. The molecule has 0 fully saturated rings. The summed E-state index contributed by atoms with van der Waals surface area (Å²) >= 11 is 0. The number of nitrogens with one attached hydrogen (secondary N) is 3. The molecule has 0 radical (unpaired) electrons. The molecule has 0 saturated heterocycles. The number of carbonyl (C=O) groups excluding carboxylic acids is 2. The first kappa shape index (κ1) is 13.9. The van der Waals surface area contributed by atoms with Crippen LogP contribution < -0.4 is 10.6 Å². The standard InChI is InChI=1S/C10H17N5O3/c1-6(2)18-9(16)7(3)4-11-10(17)13-8-5-12-15-14-8/h5-7H,4H2,1-3H3,(H3,11,12,13,14,15,17). The van der Waals surface area contributed by atoms with Gasteiger partial charge < -0.3 is 10.1 Å². The Morgan fingerprint density at radius 2 is 2.17 bits per heavy atom. The second kappa shape index (κ2) is 6.58. The maximum atomic E-state index is 11.5. The van der Waals surface area contributed by atoms with E-state index in [-0.39, 0.29) is 18.6 Å². The molecule has 8 heteroatoms. The van der Waals surface area contributed by atoms with Gasteiger partial charge in [0.2, 0.25) is 0 Å². The maximum Gasteiger partial charge on any atom is 0.320 e. The van der Waals surface area contributed by atoms with Crippen molar-refractivity contribution in [1.29, 1.82) is 0 Å². The van der Waals surface area contributed by atoms with Gasteiger partial charge in [-0.05, 0) is 13.8 Å². The summed E-state index contributed by atoms with van der Waals surface area (Å²) < 4.78 is 5.01. The van der Waals surface area contributed by atoms with E-state index >= 15 is 0 Å². The molecule has 0 aromatic carbocycles. The smallest absolute Gasteiger partial charge is 0.320 e. The van der Waals surface area contributed by atoms with Crippen molar-refractivity contribution >= 4 is 17.8 Å². The number of urea groups is 1. The second-order valence-corrected chi connectivity index (χ2v) is 4.08. The lowest BCUT2D eigenvalue weighted by Gasteiger charge is -2.14. The molecular weight excluding hydrogens is 238 g/mol. The SMILES string of the molecule is CC(C)OC(=O)C(C)CNC(=O)Nc1cn[nH]n1. The topological polar surface area (TPSA) is 109 Å². The van der Waals surface area contributed by atoms with Crippen LogP contribution in [0, 0.1) is 5.92 Å². The molecule has 1 atom stereocenters. The fourth-order valence-corrected chi connectivity index (χ4v) is 1.10. The lowest BCUT2D eigenvalue weighted by molar-refractivity contribution is -0.151. The highest BCUT2D eigenvalue weighted by Crippen LogP contribution is 2.01. The van der Waals surface area contributed by atoms with Gasteiger partial charge in [0.05, 0.1) is 18.2 Å². The Morgan fingerprint density at radius 3 is 2.72 bits per heavy atom. The molecule has 0 aliphatic rings. The Kier molecular flexibility index (Phi) is 5.09. The van der Waals surface area contributed by atoms with Crippen LogP contribution in [0.4, 0.5) is 10.6 Å². The first-order valence-corrected chi connectivity index (χ1v) is 5.60. The monoisotopic (exact) mass is 255 g/mol. The number of esters is 1. The zero-order valence-electron chi connectivity index (χ0n) is 10.6. The summed E-state index contributed by atoms with van der Waals surface area (Å²) in [4.78, 5) is 22.9. The van der Waals surface area contributed by atoms with Crippen molar-refractivity contribution < 1.29 is 14.3 Å². The summed E-state index contributed by atoms with van der Waals surface area (Å²) in [6.45, 7) is 5.42. The Hall–Kier alpha value is -2.12. The van der Waals surface area contributed by atoms with Crippen molar-refractivity contribution in [2.24, 2.45) is 5.92 Å². The van der Waals surface area contributed by atoms with Crippen LogP contribution in [-0.2, 0) is 9.53 Å². The lowest BCUT2D eigenvalue weighted by Crippen LogP contribution is -2.35. The quantitative estimate of drug-likeness (QED) is 0.664. The first-order chi connectivity index (χ1) is 8.49. The summed E-state index contributed by atoms with van der Waals surface area (Å²) in [5.74, 6) is -0.438. The third-order valence-corrected chi connectivity index (χ3v) is 1.98. The zero-order chi connectivity index (χ0) is 13.5. The normalized spacial score (nSPS) is 12.0. The van der Waals surface area contributed by atoms with Gasteiger partial charge in [0.25, 0.3) is 0 Å². The Labute approximate surface area is 104 Å². The van der Waals surface area contributed by atoms with E-state index < -0.39 is 11.9 Å². The van der Waals surface area contributed by atoms with Gasteiger partial charge in [0, 0.05) is 6.54 Å². The molecule has 0 aliphatic carbocycles. The maximum absolute atomic E-state index is 11.5. The van der Waals surface area contributed by atoms with Gasteiger partial charge in [-0.2, -0.15) is 10.3 Å². The minimum Gasteiger partial charge on any atom is -0.463 e. The molecule has 0 spiro atoms. The molecule has 8 nitrogen and oxygen atoms in total. The second-order valence-electron chi connectivity index (χ2n) is 4.08. The van der Waals surface area contributed by atoms with E-state index in [1.807, 2.05) is 0 Å². The van der Waals surface area contributed by atoms with Crippen molar-refractivity contribution in [2.45, 2.75) is 26.9 Å². The van der Waals surface area contributed by atoms with Gasteiger partial charge in [-0.15, -0.1) is 5.10 Å². The molecule has 1 unspecified atom stereocenters. The minimum atomic E-state index is -0.451. The predicted molar refractivity (Wildman–Crippen MR) is 63.8 cm³/mol. The van der Waals surface area contributed by atoms with E-state index in [1.54, 1.807) is 20.8 Å². The largest absolute Gasteiger partial charge is 0.463 e. The van der Waals surface area contributed by atoms with Crippen LogP contribution in [0.5, 0.6) is 0 Å². The van der Waals surface area contributed by atoms with Crippen LogP contribution in [0.15, 0.2) is 6.20 Å². The van der Waals surface area contributed by atoms with Gasteiger partial charge in [0.15, 0.2) is 5.82 Å². The Morgan fingerprint density at radius 1 is 1.44 bits per heavy atom. The zero-order valence-corrected chi connectivity index (χ0v) is 10.6. The van der Waals surface area contributed by atoms with Gasteiger partial charge >= 0.3 is 12.0 Å². The number of nitrogens with zero attached hydrogens (tertiary/aromatic N) is 2. The predicted octanol–water partition coefficient (Wildman–Crippen LogP) is 0.514. The molecule has 0 saturated carbocycles. The van der Waals surface area contributed by atoms with Crippen molar-refractivity contribution in [3.63, 3.8) is 0 Å². The van der Waals surface area contributed by atoms with Crippen molar-refractivity contribution in [3.8, 4) is 0 Å². The van der Waals surface area contributed by atoms with Gasteiger partial charge in [-0.3, -0.25) is 10.1 Å². The van der Waals surface area contributed by atoms with Crippen molar-refractivity contribution in [1.82, 2.24) is 20.7 Å². The highest BCUT2D eigenvalue weighted by Gasteiger charge is 2.16. The number of aromatic amines is 1. The van der Waals surface area contributed by atoms with Crippen molar-refractivity contribution in [3.05, 3.63) is 6.20 Å². The van der Waals surface area contributed by atoms with Crippen LogP contribution in [0.3, 0.4) is 0 Å². The molecule has 0 bridgehead atoms. The number of anilines is 1. The van der Waals surface area contributed by atoms with E-state index in [2.05, 4.69) is 26.0 Å². The number of aromatic nitrogens is 3. The van der Waals surface area contributed by atoms with Crippen LogP contribution in [0.2, 0.25) is 0 Å². The summed E-state index contributed by atoms with van der Waals surface area (Å²) in [6.07, 6.45) is 1.21. The van der Waals surface area contributed by atoms with Gasteiger partial charge in [-0.25, -0.2) is 4.79 Å². The third-order valence-electron chi connectivity index (χ3n) is 1.98. The number of H-pyrrole nitrogens is 1.